The number of rotatable bonds is 4. The van der Waals surface area contributed by atoms with Crippen LogP contribution in [0, 0.1) is 0 Å². The average Bonchev–Trinajstić information content (AvgIpc) is 2.79. The summed E-state index contributed by atoms with van der Waals surface area (Å²) in [5.41, 5.74) is 0.939. The normalized spacial score (nSPS) is 22.6. The van der Waals surface area contributed by atoms with Gasteiger partial charge in [-0.3, -0.25) is 9.59 Å². The summed E-state index contributed by atoms with van der Waals surface area (Å²) in [5, 5.41) is 2.88. The molecule has 0 bridgehead atoms. The van der Waals surface area contributed by atoms with Gasteiger partial charge in [0.1, 0.15) is 17.5 Å². The molecule has 2 atom stereocenters. The smallest absolute Gasteiger partial charge is 0.245 e. The van der Waals surface area contributed by atoms with Crippen LogP contribution in [0.1, 0.15) is 12.0 Å². The van der Waals surface area contributed by atoms with Crippen molar-refractivity contribution in [2.75, 3.05) is 19.8 Å². The maximum absolute atomic E-state index is 12.9. The van der Waals surface area contributed by atoms with Gasteiger partial charge in [0.25, 0.3) is 0 Å². The molecule has 0 radical (unpaired) electrons. The molecule has 0 saturated carbocycles. The van der Waals surface area contributed by atoms with Crippen LogP contribution in [-0.4, -0.2) is 48.6 Å². The summed E-state index contributed by atoms with van der Waals surface area (Å²) in [6, 6.07) is 16.4. The van der Waals surface area contributed by atoms with Gasteiger partial charge in [-0.25, -0.2) is 0 Å². The van der Waals surface area contributed by atoms with Crippen molar-refractivity contribution in [1.29, 1.82) is 0 Å². The van der Waals surface area contributed by atoms with Crippen LogP contribution in [0.2, 0.25) is 0 Å². The molecular weight excluding hydrogens is 344 g/mol. The number of amides is 2. The van der Waals surface area contributed by atoms with Gasteiger partial charge in [-0.2, -0.15) is 0 Å². The van der Waals surface area contributed by atoms with E-state index in [2.05, 4.69) is 5.32 Å². The Morgan fingerprint density at radius 1 is 1.07 bits per heavy atom. The predicted octanol–water partition coefficient (Wildman–Crippen LogP) is 2.14. The first-order valence-corrected chi connectivity index (χ1v) is 9.18. The summed E-state index contributed by atoms with van der Waals surface area (Å²) in [5.74, 6) is 1.31. The number of morpholine rings is 1. The summed E-state index contributed by atoms with van der Waals surface area (Å²) in [4.78, 5) is 26.9. The summed E-state index contributed by atoms with van der Waals surface area (Å²) >= 11 is 0. The van der Waals surface area contributed by atoms with Crippen LogP contribution in [0.5, 0.6) is 11.5 Å². The minimum absolute atomic E-state index is 0.0384. The number of benzene rings is 2. The SMILES string of the molecule is O=C1CC2COCCN2C(=O)C(Cc2cccc(Oc3ccccc3)c2)N1. The van der Waals surface area contributed by atoms with Crippen LogP contribution in [0.15, 0.2) is 54.6 Å². The van der Waals surface area contributed by atoms with E-state index in [1.165, 1.54) is 0 Å². The standard InChI is InChI=1S/C21H22N2O4/c24-20-13-16-14-26-10-9-23(16)21(25)19(22-20)12-15-5-4-8-18(11-15)27-17-6-2-1-3-7-17/h1-8,11,16,19H,9-10,12-14H2,(H,22,24). The molecular formula is C21H22N2O4. The molecule has 2 heterocycles. The second kappa shape index (κ2) is 7.80. The fraction of sp³-hybridized carbons (Fsp3) is 0.333. The first-order chi connectivity index (χ1) is 13.2. The zero-order chi connectivity index (χ0) is 18.6. The summed E-state index contributed by atoms with van der Waals surface area (Å²) in [6.45, 7) is 1.47. The van der Waals surface area contributed by atoms with Crippen LogP contribution in [-0.2, 0) is 20.7 Å². The number of hydrogen-bond donors (Lipinski definition) is 1. The first kappa shape index (κ1) is 17.5. The Hall–Kier alpha value is -2.86. The van der Waals surface area contributed by atoms with Gasteiger partial charge in [0.15, 0.2) is 0 Å². The van der Waals surface area contributed by atoms with E-state index in [4.69, 9.17) is 9.47 Å². The Morgan fingerprint density at radius 2 is 1.89 bits per heavy atom. The molecule has 2 aliphatic rings. The number of fused-ring (bicyclic) bond motifs is 1. The number of nitrogens with one attached hydrogen (secondary N) is 1. The fourth-order valence-corrected chi connectivity index (χ4v) is 3.58. The van der Waals surface area contributed by atoms with E-state index in [9.17, 15) is 9.59 Å². The third-order valence-electron chi connectivity index (χ3n) is 4.88. The Balaban J connectivity index is 1.50. The molecule has 2 fully saturated rings. The van der Waals surface area contributed by atoms with E-state index in [-0.39, 0.29) is 17.9 Å². The molecule has 140 valence electrons. The van der Waals surface area contributed by atoms with Crippen LogP contribution < -0.4 is 10.1 Å². The number of carbonyl (C=O) groups is 2. The molecule has 4 rings (SSSR count). The topological polar surface area (TPSA) is 67.9 Å². The lowest BCUT2D eigenvalue weighted by Gasteiger charge is -2.34. The quantitative estimate of drug-likeness (QED) is 0.900. The van der Waals surface area contributed by atoms with Crippen molar-refractivity contribution in [3.63, 3.8) is 0 Å². The third kappa shape index (κ3) is 4.11. The second-order valence-electron chi connectivity index (χ2n) is 6.85. The van der Waals surface area contributed by atoms with Crippen molar-refractivity contribution >= 4 is 11.8 Å². The third-order valence-corrected chi connectivity index (χ3v) is 4.88. The summed E-state index contributed by atoms with van der Waals surface area (Å²) in [7, 11) is 0. The van der Waals surface area contributed by atoms with Crippen LogP contribution in [0.3, 0.4) is 0 Å². The zero-order valence-corrected chi connectivity index (χ0v) is 15.0. The Bertz CT molecular complexity index is 824. The lowest BCUT2D eigenvalue weighted by atomic mass is 10.0. The molecule has 6 nitrogen and oxygen atoms in total. The van der Waals surface area contributed by atoms with Crippen molar-refractivity contribution < 1.29 is 19.1 Å². The zero-order valence-electron chi connectivity index (χ0n) is 15.0. The molecule has 2 amide bonds. The van der Waals surface area contributed by atoms with Crippen molar-refractivity contribution in [3.8, 4) is 11.5 Å². The van der Waals surface area contributed by atoms with E-state index in [0.29, 0.717) is 38.3 Å². The Morgan fingerprint density at radius 3 is 2.74 bits per heavy atom. The van der Waals surface area contributed by atoms with Crippen LogP contribution in [0.4, 0.5) is 0 Å². The van der Waals surface area contributed by atoms with Gasteiger partial charge in [-0.1, -0.05) is 30.3 Å². The molecule has 2 aliphatic heterocycles. The number of para-hydroxylation sites is 1. The van der Waals surface area contributed by atoms with Crippen molar-refractivity contribution in [1.82, 2.24) is 10.2 Å². The number of hydrogen-bond acceptors (Lipinski definition) is 4. The molecule has 27 heavy (non-hydrogen) atoms. The minimum Gasteiger partial charge on any atom is -0.457 e. The van der Waals surface area contributed by atoms with E-state index in [0.717, 1.165) is 11.3 Å². The van der Waals surface area contributed by atoms with Gasteiger partial charge in [0.2, 0.25) is 11.8 Å². The highest BCUT2D eigenvalue weighted by Gasteiger charge is 2.37. The Labute approximate surface area is 158 Å². The first-order valence-electron chi connectivity index (χ1n) is 9.18. The average molecular weight is 366 g/mol. The highest BCUT2D eigenvalue weighted by Crippen LogP contribution is 2.23. The molecule has 2 saturated heterocycles. The lowest BCUT2D eigenvalue weighted by molar-refractivity contribution is -0.140. The lowest BCUT2D eigenvalue weighted by Crippen LogP contribution is -2.52. The van der Waals surface area contributed by atoms with E-state index in [1.807, 2.05) is 54.6 Å². The molecule has 6 heteroatoms. The van der Waals surface area contributed by atoms with Crippen LogP contribution >= 0.6 is 0 Å². The number of ether oxygens (including phenoxy) is 2. The van der Waals surface area contributed by atoms with Gasteiger partial charge in [0.05, 0.1) is 19.3 Å². The van der Waals surface area contributed by atoms with Crippen molar-refractivity contribution in [3.05, 3.63) is 60.2 Å². The van der Waals surface area contributed by atoms with Crippen molar-refractivity contribution in [2.45, 2.75) is 24.9 Å². The molecule has 0 aromatic heterocycles. The second-order valence-corrected chi connectivity index (χ2v) is 6.85. The molecule has 0 spiro atoms. The summed E-state index contributed by atoms with van der Waals surface area (Å²) in [6.07, 6.45) is 0.722. The monoisotopic (exact) mass is 366 g/mol. The number of nitrogens with zero attached hydrogens (tertiary/aromatic N) is 1. The van der Waals surface area contributed by atoms with Crippen LogP contribution in [0.25, 0.3) is 0 Å². The molecule has 2 aromatic carbocycles. The number of carbonyl (C=O) groups excluding carboxylic acids is 2. The van der Waals surface area contributed by atoms with E-state index < -0.39 is 6.04 Å². The van der Waals surface area contributed by atoms with Crippen molar-refractivity contribution in [2.24, 2.45) is 0 Å². The predicted molar refractivity (Wildman–Crippen MR) is 99.5 cm³/mol. The molecule has 2 unspecified atom stereocenters. The highest BCUT2D eigenvalue weighted by atomic mass is 16.5. The maximum atomic E-state index is 12.9. The van der Waals surface area contributed by atoms with Gasteiger partial charge >= 0.3 is 0 Å². The molecule has 0 aliphatic carbocycles. The minimum atomic E-state index is -0.562. The maximum Gasteiger partial charge on any atom is 0.245 e. The van der Waals surface area contributed by atoms with Gasteiger partial charge < -0.3 is 19.7 Å². The Kier molecular flexibility index (Phi) is 5.07. The fourth-order valence-electron chi connectivity index (χ4n) is 3.58. The largest absolute Gasteiger partial charge is 0.457 e. The van der Waals surface area contributed by atoms with Gasteiger partial charge in [-0.15, -0.1) is 0 Å². The van der Waals surface area contributed by atoms with E-state index in [1.54, 1.807) is 4.90 Å². The van der Waals surface area contributed by atoms with E-state index >= 15 is 0 Å². The molecule has 1 N–H and O–H groups in total. The summed E-state index contributed by atoms with van der Waals surface area (Å²) < 4.78 is 11.3. The molecule has 2 aromatic rings. The van der Waals surface area contributed by atoms with Gasteiger partial charge in [0, 0.05) is 19.4 Å². The highest BCUT2D eigenvalue weighted by molar-refractivity contribution is 5.90. The van der Waals surface area contributed by atoms with Gasteiger partial charge in [-0.05, 0) is 29.8 Å².